The fourth-order valence-corrected chi connectivity index (χ4v) is 3.64. The van der Waals surface area contributed by atoms with E-state index in [-0.39, 0.29) is 5.91 Å². The monoisotopic (exact) mass is 332 g/mol. The summed E-state index contributed by atoms with van der Waals surface area (Å²) in [5.74, 6) is 0.687. The second-order valence-electron chi connectivity index (χ2n) is 6.51. The number of fused-ring (bicyclic) bond motifs is 1. The van der Waals surface area contributed by atoms with Crippen molar-refractivity contribution in [2.75, 3.05) is 26.2 Å². The van der Waals surface area contributed by atoms with E-state index in [9.17, 15) is 4.79 Å². The molecule has 1 aromatic carbocycles. The molecule has 0 aromatic heterocycles. The lowest BCUT2D eigenvalue weighted by molar-refractivity contribution is 0.0952. The largest absolute Gasteiger partial charge is 0.493 e. The highest BCUT2D eigenvalue weighted by Crippen LogP contribution is 2.32. The number of benzene rings is 1. The van der Waals surface area contributed by atoms with Crippen molar-refractivity contribution in [2.45, 2.75) is 59.4 Å². The predicted octanol–water partition coefficient (Wildman–Crippen LogP) is 3.42. The molecule has 0 aliphatic heterocycles. The molecule has 1 amide bonds. The van der Waals surface area contributed by atoms with Crippen LogP contribution in [0.1, 0.15) is 62.0 Å². The lowest BCUT2D eigenvalue weighted by Gasteiger charge is -2.27. The molecule has 0 bridgehead atoms. The Morgan fingerprint density at radius 2 is 1.75 bits per heavy atom. The van der Waals surface area contributed by atoms with E-state index in [4.69, 9.17) is 4.74 Å². The number of carbonyl (C=O) groups is 1. The van der Waals surface area contributed by atoms with Gasteiger partial charge in [0.2, 0.25) is 0 Å². The number of carbonyl (C=O) groups excluding carboxylic acids is 1. The van der Waals surface area contributed by atoms with Crippen molar-refractivity contribution in [3.05, 3.63) is 28.8 Å². The molecule has 4 nitrogen and oxygen atoms in total. The zero-order chi connectivity index (χ0) is 17.5. The Morgan fingerprint density at radius 1 is 1.12 bits per heavy atom. The summed E-state index contributed by atoms with van der Waals surface area (Å²) in [6.07, 6.45) is 4.46. The Bertz CT molecular complexity index is 551. The van der Waals surface area contributed by atoms with Crippen molar-refractivity contribution < 1.29 is 9.53 Å². The minimum Gasteiger partial charge on any atom is -0.493 e. The number of hydrogen-bond acceptors (Lipinski definition) is 3. The van der Waals surface area contributed by atoms with Crippen LogP contribution in [0.25, 0.3) is 0 Å². The van der Waals surface area contributed by atoms with Crippen LogP contribution in [0.5, 0.6) is 5.75 Å². The normalized spacial score (nSPS) is 16.3. The maximum atomic E-state index is 12.4. The van der Waals surface area contributed by atoms with Crippen molar-refractivity contribution in [2.24, 2.45) is 0 Å². The van der Waals surface area contributed by atoms with Gasteiger partial charge in [0, 0.05) is 12.6 Å². The van der Waals surface area contributed by atoms with Crippen LogP contribution in [0.4, 0.5) is 0 Å². The van der Waals surface area contributed by atoms with Crippen LogP contribution in [-0.2, 0) is 12.8 Å². The van der Waals surface area contributed by atoms with Gasteiger partial charge >= 0.3 is 0 Å². The van der Waals surface area contributed by atoms with Gasteiger partial charge < -0.3 is 10.1 Å². The number of amides is 1. The van der Waals surface area contributed by atoms with E-state index in [1.807, 2.05) is 13.8 Å². The van der Waals surface area contributed by atoms with Crippen molar-refractivity contribution in [1.29, 1.82) is 0 Å². The molecule has 1 atom stereocenters. The van der Waals surface area contributed by atoms with E-state index >= 15 is 0 Å². The first-order valence-corrected chi connectivity index (χ1v) is 9.45. The Labute approximate surface area is 146 Å². The molecule has 2 rings (SSSR count). The van der Waals surface area contributed by atoms with Gasteiger partial charge in [-0.15, -0.1) is 0 Å². The summed E-state index contributed by atoms with van der Waals surface area (Å²) in [4.78, 5) is 15.0. The minimum absolute atomic E-state index is 0.0360. The fourth-order valence-electron chi connectivity index (χ4n) is 3.64. The maximum Gasteiger partial charge on any atom is 0.255 e. The van der Waals surface area contributed by atoms with Crippen LogP contribution in [-0.4, -0.2) is 43.1 Å². The molecule has 1 aliphatic rings. The van der Waals surface area contributed by atoms with E-state index in [1.165, 1.54) is 24.0 Å². The third-order valence-electron chi connectivity index (χ3n) is 4.63. The molecule has 0 spiro atoms. The first kappa shape index (κ1) is 18.8. The standard InChI is InChI=1S/C20H32N2O2/c1-5-9-22(10-6-2)17-11-15-13-18(20(23)21-7-3)19(24-8-4)14-16(15)12-17/h13-14,17H,5-12H2,1-4H3,(H,21,23). The van der Waals surface area contributed by atoms with E-state index < -0.39 is 0 Å². The Kier molecular flexibility index (Phi) is 7.10. The van der Waals surface area contributed by atoms with Gasteiger partial charge in [-0.05, 0) is 75.9 Å². The van der Waals surface area contributed by atoms with Gasteiger partial charge in [-0.3, -0.25) is 9.69 Å². The summed E-state index contributed by atoms with van der Waals surface area (Å²) in [6.45, 7) is 11.9. The van der Waals surface area contributed by atoms with Crippen molar-refractivity contribution in [3.63, 3.8) is 0 Å². The SMILES string of the molecule is CCCN(CCC)C1Cc2cc(OCC)c(C(=O)NCC)cc2C1. The number of nitrogens with one attached hydrogen (secondary N) is 1. The third-order valence-corrected chi connectivity index (χ3v) is 4.63. The zero-order valence-electron chi connectivity index (χ0n) is 15.7. The van der Waals surface area contributed by atoms with Gasteiger partial charge in [0.15, 0.2) is 0 Å². The molecule has 0 saturated carbocycles. The molecule has 1 aliphatic carbocycles. The molecular weight excluding hydrogens is 300 g/mol. The smallest absolute Gasteiger partial charge is 0.255 e. The van der Waals surface area contributed by atoms with Crippen LogP contribution in [0.3, 0.4) is 0 Å². The highest BCUT2D eigenvalue weighted by molar-refractivity contribution is 5.97. The summed E-state index contributed by atoms with van der Waals surface area (Å²) < 4.78 is 5.75. The number of nitrogens with zero attached hydrogens (tertiary/aromatic N) is 1. The van der Waals surface area contributed by atoms with Crippen LogP contribution >= 0.6 is 0 Å². The molecule has 1 N–H and O–H groups in total. The Morgan fingerprint density at radius 3 is 2.29 bits per heavy atom. The topological polar surface area (TPSA) is 41.6 Å². The average Bonchev–Trinajstić information content (AvgIpc) is 2.97. The lowest BCUT2D eigenvalue weighted by Crippen LogP contribution is -2.37. The first-order valence-electron chi connectivity index (χ1n) is 9.45. The molecule has 1 unspecified atom stereocenters. The van der Waals surface area contributed by atoms with E-state index in [1.54, 1.807) is 0 Å². The number of rotatable bonds is 9. The van der Waals surface area contributed by atoms with Crippen molar-refractivity contribution in [1.82, 2.24) is 10.2 Å². The molecule has 134 valence electrons. The molecular formula is C20H32N2O2. The quantitative estimate of drug-likeness (QED) is 0.753. The molecule has 4 heteroatoms. The average molecular weight is 332 g/mol. The van der Waals surface area contributed by atoms with Gasteiger partial charge in [-0.2, -0.15) is 0 Å². The predicted molar refractivity (Wildman–Crippen MR) is 99.0 cm³/mol. The van der Waals surface area contributed by atoms with Crippen LogP contribution in [0.15, 0.2) is 12.1 Å². The second-order valence-corrected chi connectivity index (χ2v) is 6.51. The zero-order valence-corrected chi connectivity index (χ0v) is 15.7. The van der Waals surface area contributed by atoms with E-state index in [2.05, 4.69) is 36.2 Å². The fraction of sp³-hybridized carbons (Fsp3) is 0.650. The summed E-state index contributed by atoms with van der Waals surface area (Å²) in [6, 6.07) is 4.71. The third kappa shape index (κ3) is 4.29. The summed E-state index contributed by atoms with van der Waals surface area (Å²) in [5, 5.41) is 2.90. The lowest BCUT2D eigenvalue weighted by atomic mass is 10.0. The highest BCUT2D eigenvalue weighted by Gasteiger charge is 2.28. The molecule has 0 saturated heterocycles. The van der Waals surface area contributed by atoms with Crippen molar-refractivity contribution >= 4 is 5.91 Å². The molecule has 0 radical (unpaired) electrons. The van der Waals surface area contributed by atoms with Gasteiger partial charge in [0.25, 0.3) is 5.91 Å². The second kappa shape index (κ2) is 9.07. The van der Waals surface area contributed by atoms with Gasteiger partial charge in [0.05, 0.1) is 12.2 Å². The van der Waals surface area contributed by atoms with E-state index in [0.717, 1.165) is 31.7 Å². The maximum absolute atomic E-state index is 12.4. The summed E-state index contributed by atoms with van der Waals surface area (Å²) in [5.41, 5.74) is 3.33. The molecule has 0 fully saturated rings. The molecule has 0 heterocycles. The number of hydrogen-bond donors (Lipinski definition) is 1. The summed E-state index contributed by atoms with van der Waals surface area (Å²) in [7, 11) is 0. The Balaban J connectivity index is 2.25. The summed E-state index contributed by atoms with van der Waals surface area (Å²) >= 11 is 0. The minimum atomic E-state index is -0.0360. The highest BCUT2D eigenvalue weighted by atomic mass is 16.5. The van der Waals surface area contributed by atoms with Gasteiger partial charge in [-0.25, -0.2) is 0 Å². The first-order chi connectivity index (χ1) is 11.6. The molecule has 24 heavy (non-hydrogen) atoms. The Hall–Kier alpha value is -1.55. The van der Waals surface area contributed by atoms with Gasteiger partial charge in [0.1, 0.15) is 5.75 Å². The van der Waals surface area contributed by atoms with Crippen molar-refractivity contribution in [3.8, 4) is 5.75 Å². The van der Waals surface area contributed by atoms with E-state index in [0.29, 0.717) is 24.8 Å². The van der Waals surface area contributed by atoms with Crippen LogP contribution in [0.2, 0.25) is 0 Å². The van der Waals surface area contributed by atoms with Crippen LogP contribution < -0.4 is 10.1 Å². The molecule has 1 aromatic rings. The van der Waals surface area contributed by atoms with Gasteiger partial charge in [-0.1, -0.05) is 13.8 Å². The number of ether oxygens (including phenoxy) is 1. The van der Waals surface area contributed by atoms with Crippen LogP contribution in [0, 0.1) is 0 Å².